The standard InChI is InChI=1S/C17H20ClNO3/c1-3-22-16(21)12-10-19(2)17(9-15(12)20)8-7-11-13(17)5-4-6-14(11)18/h4-6,12H,3,7-10H2,1-2H3/t12?,17-/m0/s1. The van der Waals surface area contributed by atoms with Crippen LogP contribution in [0.4, 0.5) is 0 Å². The van der Waals surface area contributed by atoms with Gasteiger partial charge in [0.25, 0.3) is 0 Å². The maximum atomic E-state index is 12.6. The predicted octanol–water partition coefficient (Wildman–Crippen LogP) is 2.57. The molecular weight excluding hydrogens is 302 g/mol. The summed E-state index contributed by atoms with van der Waals surface area (Å²) < 4.78 is 5.03. The zero-order valence-corrected chi connectivity index (χ0v) is 13.7. The highest BCUT2D eigenvalue weighted by Crippen LogP contribution is 2.48. The molecule has 1 aromatic rings. The highest BCUT2D eigenvalue weighted by atomic mass is 35.5. The number of rotatable bonds is 2. The first kappa shape index (κ1) is 15.5. The van der Waals surface area contributed by atoms with Crippen molar-refractivity contribution in [1.29, 1.82) is 0 Å². The van der Waals surface area contributed by atoms with E-state index in [2.05, 4.69) is 11.0 Å². The quantitative estimate of drug-likeness (QED) is 0.620. The Labute approximate surface area is 135 Å². The molecule has 1 fully saturated rings. The molecule has 0 amide bonds. The van der Waals surface area contributed by atoms with E-state index < -0.39 is 11.9 Å². The van der Waals surface area contributed by atoms with Crippen LogP contribution in [0.3, 0.4) is 0 Å². The second kappa shape index (κ2) is 5.67. The van der Waals surface area contributed by atoms with Gasteiger partial charge in [0.05, 0.1) is 12.1 Å². The molecule has 1 saturated heterocycles. The fraction of sp³-hybridized carbons (Fsp3) is 0.529. The van der Waals surface area contributed by atoms with E-state index in [4.69, 9.17) is 16.3 Å². The van der Waals surface area contributed by atoms with Crippen LogP contribution >= 0.6 is 11.6 Å². The molecule has 4 nitrogen and oxygen atoms in total. The molecule has 0 aromatic heterocycles. The summed E-state index contributed by atoms with van der Waals surface area (Å²) in [4.78, 5) is 26.7. The van der Waals surface area contributed by atoms with Crippen LogP contribution in [0.25, 0.3) is 0 Å². The van der Waals surface area contributed by atoms with E-state index in [0.717, 1.165) is 29.0 Å². The predicted molar refractivity (Wildman–Crippen MR) is 83.8 cm³/mol. The number of hydrogen-bond donors (Lipinski definition) is 0. The van der Waals surface area contributed by atoms with Crippen LogP contribution in [0.5, 0.6) is 0 Å². The number of piperidine rings is 1. The van der Waals surface area contributed by atoms with E-state index in [-0.39, 0.29) is 11.3 Å². The van der Waals surface area contributed by atoms with Crippen LogP contribution in [0.2, 0.25) is 5.02 Å². The van der Waals surface area contributed by atoms with Crippen molar-refractivity contribution in [3.8, 4) is 0 Å². The van der Waals surface area contributed by atoms with Crippen molar-refractivity contribution >= 4 is 23.4 Å². The molecule has 2 aliphatic rings. The van der Waals surface area contributed by atoms with Crippen molar-refractivity contribution < 1.29 is 14.3 Å². The van der Waals surface area contributed by atoms with Gasteiger partial charge in [-0.1, -0.05) is 23.7 Å². The first-order chi connectivity index (χ1) is 10.5. The second-order valence-corrected chi connectivity index (χ2v) is 6.53. The molecule has 1 unspecified atom stereocenters. The number of benzene rings is 1. The lowest BCUT2D eigenvalue weighted by molar-refractivity contribution is -0.156. The van der Waals surface area contributed by atoms with Crippen molar-refractivity contribution in [3.05, 3.63) is 34.3 Å². The van der Waals surface area contributed by atoms with Gasteiger partial charge < -0.3 is 4.74 Å². The molecule has 1 aliphatic carbocycles. The Balaban J connectivity index is 1.92. The van der Waals surface area contributed by atoms with Gasteiger partial charge in [0.15, 0.2) is 5.78 Å². The Morgan fingerprint density at radius 2 is 2.27 bits per heavy atom. The SMILES string of the molecule is CCOC(=O)C1CN(C)[C@@]2(CCc3c(Cl)cccc32)CC1=O. The number of fused-ring (bicyclic) bond motifs is 2. The highest BCUT2D eigenvalue weighted by molar-refractivity contribution is 6.31. The normalized spacial score (nSPS) is 28.0. The summed E-state index contributed by atoms with van der Waals surface area (Å²) in [5.41, 5.74) is 1.96. The maximum Gasteiger partial charge on any atom is 0.317 e. The molecule has 1 aliphatic heterocycles. The monoisotopic (exact) mass is 321 g/mol. The van der Waals surface area contributed by atoms with Crippen molar-refractivity contribution in [2.75, 3.05) is 20.2 Å². The number of likely N-dealkylation sites (tertiary alicyclic amines) is 1. The van der Waals surface area contributed by atoms with Gasteiger partial charge in [0.2, 0.25) is 0 Å². The second-order valence-electron chi connectivity index (χ2n) is 6.13. The van der Waals surface area contributed by atoms with Crippen LogP contribution in [0, 0.1) is 5.92 Å². The van der Waals surface area contributed by atoms with Gasteiger partial charge in [0.1, 0.15) is 5.92 Å². The average Bonchev–Trinajstić information content (AvgIpc) is 2.84. The van der Waals surface area contributed by atoms with Crippen molar-refractivity contribution in [2.45, 2.75) is 31.7 Å². The number of carbonyl (C=O) groups is 2. The third-order valence-corrected chi connectivity index (χ3v) is 5.38. The summed E-state index contributed by atoms with van der Waals surface area (Å²) >= 11 is 6.30. The van der Waals surface area contributed by atoms with Crippen LogP contribution in [-0.2, 0) is 26.3 Å². The average molecular weight is 322 g/mol. The minimum absolute atomic E-state index is 0.0237. The molecule has 0 bridgehead atoms. The van der Waals surface area contributed by atoms with Crippen LogP contribution in [-0.4, -0.2) is 36.9 Å². The zero-order chi connectivity index (χ0) is 15.9. The number of nitrogens with zero attached hydrogens (tertiary/aromatic N) is 1. The zero-order valence-electron chi connectivity index (χ0n) is 12.9. The van der Waals surface area contributed by atoms with E-state index in [1.807, 2.05) is 19.2 Å². The summed E-state index contributed by atoms with van der Waals surface area (Å²) in [6, 6.07) is 5.89. The van der Waals surface area contributed by atoms with Gasteiger partial charge in [0, 0.05) is 18.0 Å². The smallest absolute Gasteiger partial charge is 0.317 e. The molecule has 1 spiro atoms. The highest BCUT2D eigenvalue weighted by Gasteiger charge is 2.50. The van der Waals surface area contributed by atoms with Gasteiger partial charge in [-0.2, -0.15) is 0 Å². The van der Waals surface area contributed by atoms with E-state index in [0.29, 0.717) is 19.6 Å². The van der Waals surface area contributed by atoms with Crippen LogP contribution < -0.4 is 0 Å². The molecule has 0 radical (unpaired) electrons. The van der Waals surface area contributed by atoms with Crippen molar-refractivity contribution in [3.63, 3.8) is 0 Å². The number of Topliss-reactive ketones (excluding diaryl/α,β-unsaturated/α-hetero) is 1. The summed E-state index contributed by atoms with van der Waals surface area (Å²) in [5, 5.41) is 0.766. The first-order valence-corrected chi connectivity index (χ1v) is 8.06. The van der Waals surface area contributed by atoms with E-state index in [9.17, 15) is 9.59 Å². The first-order valence-electron chi connectivity index (χ1n) is 7.68. The Bertz CT molecular complexity index is 630. The van der Waals surface area contributed by atoms with Gasteiger partial charge in [-0.05, 0) is 44.0 Å². The van der Waals surface area contributed by atoms with E-state index >= 15 is 0 Å². The number of halogens is 1. The Kier molecular flexibility index (Phi) is 4.00. The molecule has 1 aromatic carbocycles. The lowest BCUT2D eigenvalue weighted by atomic mass is 9.78. The number of hydrogen-bond acceptors (Lipinski definition) is 4. The van der Waals surface area contributed by atoms with Crippen LogP contribution in [0.15, 0.2) is 18.2 Å². The number of ether oxygens (including phenoxy) is 1. The van der Waals surface area contributed by atoms with Gasteiger partial charge in [-0.15, -0.1) is 0 Å². The lowest BCUT2D eigenvalue weighted by Gasteiger charge is -2.45. The molecule has 0 saturated carbocycles. The van der Waals surface area contributed by atoms with Gasteiger partial charge >= 0.3 is 5.97 Å². The molecule has 0 N–H and O–H groups in total. The largest absolute Gasteiger partial charge is 0.465 e. The summed E-state index contributed by atoms with van der Waals surface area (Å²) in [5.74, 6) is -1.10. The van der Waals surface area contributed by atoms with Crippen molar-refractivity contribution in [2.24, 2.45) is 5.92 Å². The number of ketones is 1. The van der Waals surface area contributed by atoms with E-state index in [1.54, 1.807) is 6.92 Å². The lowest BCUT2D eigenvalue weighted by Crippen LogP contribution is -2.54. The Morgan fingerprint density at radius 3 is 3.00 bits per heavy atom. The summed E-state index contributed by atoms with van der Waals surface area (Å²) in [6.07, 6.45) is 2.08. The van der Waals surface area contributed by atoms with E-state index in [1.165, 1.54) is 0 Å². The molecule has 1 heterocycles. The fourth-order valence-electron chi connectivity index (χ4n) is 3.84. The number of esters is 1. The topological polar surface area (TPSA) is 46.6 Å². The van der Waals surface area contributed by atoms with Crippen LogP contribution in [0.1, 0.15) is 30.9 Å². The molecule has 3 rings (SSSR count). The number of carbonyl (C=O) groups excluding carboxylic acids is 2. The third-order valence-electron chi connectivity index (χ3n) is 5.02. The molecule has 22 heavy (non-hydrogen) atoms. The minimum atomic E-state index is -0.668. The summed E-state index contributed by atoms with van der Waals surface area (Å²) in [7, 11) is 1.98. The molecule has 118 valence electrons. The minimum Gasteiger partial charge on any atom is -0.465 e. The molecular formula is C17H20ClNO3. The Hall–Kier alpha value is -1.39. The fourth-order valence-corrected chi connectivity index (χ4v) is 4.11. The van der Waals surface area contributed by atoms with Gasteiger partial charge in [-0.25, -0.2) is 0 Å². The molecule has 2 atom stereocenters. The Morgan fingerprint density at radius 1 is 1.50 bits per heavy atom. The molecule has 5 heteroatoms. The van der Waals surface area contributed by atoms with Crippen molar-refractivity contribution in [1.82, 2.24) is 4.90 Å². The van der Waals surface area contributed by atoms with Gasteiger partial charge in [-0.3, -0.25) is 14.5 Å². The maximum absolute atomic E-state index is 12.6. The third kappa shape index (κ3) is 2.25. The summed E-state index contributed by atoms with van der Waals surface area (Å²) in [6.45, 7) is 2.46.